The number of benzene rings is 4. The fraction of sp³-hybridized carbons (Fsp3) is 0.107. The molecular formula is C28H22NO+. The van der Waals surface area contributed by atoms with Crippen LogP contribution in [-0.2, 0) is 0 Å². The molecule has 30 heavy (non-hydrogen) atoms. The van der Waals surface area contributed by atoms with Crippen molar-refractivity contribution in [3.8, 4) is 5.69 Å². The first-order valence-electron chi connectivity index (χ1n) is 11.6. The molecule has 6 rings (SSSR count). The van der Waals surface area contributed by atoms with Crippen molar-refractivity contribution in [1.29, 1.82) is 0 Å². The second kappa shape index (κ2) is 6.17. The van der Waals surface area contributed by atoms with Gasteiger partial charge in [0.1, 0.15) is 5.58 Å². The second-order valence-electron chi connectivity index (χ2n) is 7.99. The molecule has 0 fully saturated rings. The molecular weight excluding hydrogens is 366 g/mol. The van der Waals surface area contributed by atoms with E-state index in [1.807, 2.05) is 17.7 Å². The summed E-state index contributed by atoms with van der Waals surface area (Å²) in [5.41, 5.74) is 4.83. The molecule has 144 valence electrons. The summed E-state index contributed by atoms with van der Waals surface area (Å²) in [5.74, 6) is 0. The van der Waals surface area contributed by atoms with Crippen LogP contribution in [0.4, 0.5) is 0 Å². The van der Waals surface area contributed by atoms with Crippen molar-refractivity contribution in [3.63, 3.8) is 0 Å². The standard InChI is InChI=1S/C28H22NO/c1-17-12-13-29(19(3)14-17)27-18(2)8-11-23-25-15-21-10-9-20-6-4-5-7-22(20)24(21)16-26(25)30-28(23)27/h4-16H,1-3H3/q+1/i1D3. The number of hydrogen-bond donors (Lipinski definition) is 0. The van der Waals surface area contributed by atoms with Gasteiger partial charge in [0, 0.05) is 39.5 Å². The zero-order valence-corrected chi connectivity index (χ0v) is 16.9. The lowest BCUT2D eigenvalue weighted by Crippen LogP contribution is -2.34. The Morgan fingerprint density at radius 3 is 2.50 bits per heavy atom. The molecule has 0 unspecified atom stereocenters. The molecule has 0 spiro atoms. The van der Waals surface area contributed by atoms with Gasteiger partial charge < -0.3 is 4.42 Å². The number of aromatic nitrogens is 1. The highest BCUT2D eigenvalue weighted by atomic mass is 16.3. The molecule has 0 atom stereocenters. The maximum atomic E-state index is 7.72. The molecule has 2 aromatic heterocycles. The van der Waals surface area contributed by atoms with Gasteiger partial charge in [0.25, 0.3) is 5.69 Å². The van der Waals surface area contributed by atoms with Gasteiger partial charge in [-0.15, -0.1) is 0 Å². The Labute approximate surface area is 179 Å². The third kappa shape index (κ3) is 2.40. The number of aryl methyl sites for hydroxylation is 3. The van der Waals surface area contributed by atoms with Crippen LogP contribution >= 0.6 is 0 Å². The van der Waals surface area contributed by atoms with E-state index in [0.717, 1.165) is 38.9 Å². The largest absolute Gasteiger partial charge is 0.449 e. The van der Waals surface area contributed by atoms with Crippen LogP contribution in [0.2, 0.25) is 0 Å². The summed E-state index contributed by atoms with van der Waals surface area (Å²) in [6.07, 6.45) is 1.83. The second-order valence-corrected chi connectivity index (χ2v) is 7.99. The molecule has 6 aromatic rings. The number of nitrogens with zero attached hydrogens (tertiary/aromatic N) is 1. The summed E-state index contributed by atoms with van der Waals surface area (Å²) >= 11 is 0. The summed E-state index contributed by atoms with van der Waals surface area (Å²) in [6.45, 7) is 1.85. The lowest BCUT2D eigenvalue weighted by Gasteiger charge is -2.04. The van der Waals surface area contributed by atoms with Crippen LogP contribution in [0.3, 0.4) is 0 Å². The minimum atomic E-state index is -2.13. The third-order valence-corrected chi connectivity index (χ3v) is 6.07. The van der Waals surface area contributed by atoms with Crippen molar-refractivity contribution in [3.05, 3.63) is 95.8 Å². The Morgan fingerprint density at radius 2 is 1.63 bits per heavy atom. The molecule has 0 radical (unpaired) electrons. The van der Waals surface area contributed by atoms with Gasteiger partial charge in [-0.1, -0.05) is 42.5 Å². The molecule has 0 amide bonds. The van der Waals surface area contributed by atoms with Crippen molar-refractivity contribution in [2.24, 2.45) is 0 Å². The van der Waals surface area contributed by atoms with Gasteiger partial charge in [-0.2, -0.15) is 4.57 Å². The fourth-order valence-corrected chi connectivity index (χ4v) is 4.59. The van der Waals surface area contributed by atoms with Gasteiger partial charge >= 0.3 is 0 Å². The van der Waals surface area contributed by atoms with Gasteiger partial charge in [-0.25, -0.2) is 0 Å². The molecule has 0 bridgehead atoms. The Kier molecular flexibility index (Phi) is 2.95. The summed E-state index contributed by atoms with van der Waals surface area (Å²) in [5, 5.41) is 6.89. The van der Waals surface area contributed by atoms with Gasteiger partial charge in [0.05, 0.1) is 0 Å². The maximum Gasteiger partial charge on any atom is 0.257 e. The number of fused-ring (bicyclic) bond motifs is 6. The van der Waals surface area contributed by atoms with E-state index in [0.29, 0.717) is 5.56 Å². The number of pyridine rings is 1. The van der Waals surface area contributed by atoms with Gasteiger partial charge in [-0.3, -0.25) is 0 Å². The zero-order valence-electron chi connectivity index (χ0n) is 19.9. The Balaban J connectivity index is 1.66. The topological polar surface area (TPSA) is 17.0 Å². The van der Waals surface area contributed by atoms with E-state index in [-0.39, 0.29) is 0 Å². The average molecular weight is 392 g/mol. The van der Waals surface area contributed by atoms with Gasteiger partial charge in [-0.05, 0) is 59.1 Å². The molecule has 0 saturated heterocycles. The molecule has 0 saturated carbocycles. The fourth-order valence-electron chi connectivity index (χ4n) is 4.59. The van der Waals surface area contributed by atoms with Crippen LogP contribution in [0, 0.1) is 20.7 Å². The van der Waals surface area contributed by atoms with Crippen LogP contribution in [0.1, 0.15) is 20.9 Å². The van der Waals surface area contributed by atoms with E-state index in [1.165, 1.54) is 21.5 Å². The highest BCUT2D eigenvalue weighted by molar-refractivity contribution is 6.16. The molecule has 0 aliphatic rings. The smallest absolute Gasteiger partial charge is 0.257 e. The van der Waals surface area contributed by atoms with Crippen LogP contribution in [-0.4, -0.2) is 0 Å². The summed E-state index contributed by atoms with van der Waals surface area (Å²) in [6, 6.07) is 24.7. The van der Waals surface area contributed by atoms with Crippen molar-refractivity contribution in [1.82, 2.24) is 0 Å². The summed E-state index contributed by atoms with van der Waals surface area (Å²) in [4.78, 5) is 0. The summed E-state index contributed by atoms with van der Waals surface area (Å²) < 4.78 is 31.7. The normalized spacial score (nSPS) is 13.7. The van der Waals surface area contributed by atoms with Crippen molar-refractivity contribution in [2.45, 2.75) is 20.7 Å². The monoisotopic (exact) mass is 391 g/mol. The quantitative estimate of drug-likeness (QED) is 0.216. The Hall–Kier alpha value is -3.65. The molecule has 0 aliphatic heterocycles. The molecule has 2 heterocycles. The van der Waals surface area contributed by atoms with Crippen molar-refractivity contribution < 1.29 is 13.1 Å². The van der Waals surface area contributed by atoms with Gasteiger partial charge in [0.2, 0.25) is 5.58 Å². The van der Waals surface area contributed by atoms with E-state index >= 15 is 0 Å². The van der Waals surface area contributed by atoms with Crippen LogP contribution < -0.4 is 4.57 Å². The van der Waals surface area contributed by atoms with E-state index in [2.05, 4.69) is 67.6 Å². The summed E-state index contributed by atoms with van der Waals surface area (Å²) in [7, 11) is 0. The predicted molar refractivity (Wildman–Crippen MR) is 124 cm³/mol. The first kappa shape index (κ1) is 14.4. The van der Waals surface area contributed by atoms with Crippen LogP contribution in [0.15, 0.2) is 83.4 Å². The van der Waals surface area contributed by atoms with Crippen molar-refractivity contribution >= 4 is 43.5 Å². The average Bonchev–Trinajstić information content (AvgIpc) is 3.14. The number of hydrogen-bond acceptors (Lipinski definition) is 1. The first-order valence-corrected chi connectivity index (χ1v) is 10.1. The van der Waals surface area contributed by atoms with E-state index in [9.17, 15) is 0 Å². The number of furan rings is 1. The molecule has 0 N–H and O–H groups in total. The minimum absolute atomic E-state index is 0.337. The van der Waals surface area contributed by atoms with Crippen LogP contribution in [0.5, 0.6) is 0 Å². The highest BCUT2D eigenvalue weighted by Gasteiger charge is 2.22. The van der Waals surface area contributed by atoms with E-state index in [4.69, 9.17) is 8.53 Å². The SMILES string of the molecule is [2H]C([2H])([2H])c1cc[n+](-c2c(C)ccc3c2oc2cc4c(ccc5ccccc54)cc23)c(C)c1. The van der Waals surface area contributed by atoms with E-state index in [1.54, 1.807) is 12.1 Å². The van der Waals surface area contributed by atoms with Crippen LogP contribution in [0.25, 0.3) is 49.2 Å². The minimum Gasteiger partial charge on any atom is -0.449 e. The predicted octanol–water partition coefficient (Wildman–Crippen LogP) is 7.09. The molecule has 0 aliphatic carbocycles. The lowest BCUT2D eigenvalue weighted by atomic mass is 9.99. The van der Waals surface area contributed by atoms with Gasteiger partial charge in [0.15, 0.2) is 11.9 Å². The zero-order chi connectivity index (χ0) is 22.9. The Bertz CT molecular complexity index is 1730. The third-order valence-electron chi connectivity index (χ3n) is 6.07. The lowest BCUT2D eigenvalue weighted by molar-refractivity contribution is -0.602. The highest BCUT2D eigenvalue weighted by Crippen LogP contribution is 2.37. The first-order chi connectivity index (χ1) is 15.8. The molecule has 2 heteroatoms. The van der Waals surface area contributed by atoms with Crippen molar-refractivity contribution in [2.75, 3.05) is 0 Å². The number of rotatable bonds is 1. The molecule has 2 nitrogen and oxygen atoms in total. The Morgan fingerprint density at radius 1 is 0.767 bits per heavy atom. The maximum absolute atomic E-state index is 7.72. The molecule has 4 aromatic carbocycles. The van der Waals surface area contributed by atoms with E-state index < -0.39 is 6.85 Å².